The summed E-state index contributed by atoms with van der Waals surface area (Å²) in [7, 11) is 0. The number of hydrogen-bond acceptors (Lipinski definition) is 3. The van der Waals surface area contributed by atoms with Crippen LogP contribution in [0.1, 0.15) is 11.1 Å². The van der Waals surface area contributed by atoms with Crippen molar-refractivity contribution in [2.75, 3.05) is 0 Å². The van der Waals surface area contributed by atoms with Crippen molar-refractivity contribution in [2.45, 2.75) is 12.8 Å². The van der Waals surface area contributed by atoms with E-state index in [1.54, 1.807) is 12.4 Å². The molecule has 1 heterocycles. The van der Waals surface area contributed by atoms with Crippen molar-refractivity contribution in [3.05, 3.63) is 46.2 Å². The van der Waals surface area contributed by atoms with Gasteiger partial charge < -0.3 is 4.74 Å². The Bertz CT molecular complexity index is 516. The summed E-state index contributed by atoms with van der Waals surface area (Å²) in [6.45, 7) is 1.97. The lowest BCUT2D eigenvalue weighted by atomic mass is 10.2. The van der Waals surface area contributed by atoms with E-state index in [1.807, 2.05) is 25.1 Å². The summed E-state index contributed by atoms with van der Waals surface area (Å²) in [6, 6.07) is 6.08. The van der Waals surface area contributed by atoms with Crippen molar-refractivity contribution in [1.82, 2.24) is 9.97 Å². The molecule has 0 aliphatic heterocycles. The van der Waals surface area contributed by atoms with Crippen LogP contribution in [0.3, 0.4) is 0 Å². The highest BCUT2D eigenvalue weighted by atomic mass is 79.9. The fourth-order valence-corrected chi connectivity index (χ4v) is 1.90. The summed E-state index contributed by atoms with van der Waals surface area (Å²) in [5.41, 5.74) is 1.89. The number of aromatic nitrogens is 2. The van der Waals surface area contributed by atoms with Gasteiger partial charge in [0.2, 0.25) is 0 Å². The molecular weight excluding hydrogens is 304 g/mol. The van der Waals surface area contributed by atoms with Crippen LogP contribution < -0.4 is 4.74 Å². The molecule has 0 atom stereocenters. The Balaban J connectivity index is 2.19. The molecule has 0 bridgehead atoms. The third-order valence-corrected chi connectivity index (χ3v) is 2.98. The van der Waals surface area contributed by atoms with E-state index in [1.165, 1.54) is 0 Å². The molecule has 0 N–H and O–H groups in total. The molecular formula is C12H10BrClN2O. The first-order valence-corrected chi connectivity index (χ1v) is 6.32. The minimum absolute atomic E-state index is 0.323. The zero-order valence-corrected chi connectivity index (χ0v) is 11.5. The van der Waals surface area contributed by atoms with Crippen molar-refractivity contribution in [3.63, 3.8) is 0 Å². The zero-order valence-electron chi connectivity index (χ0n) is 9.15. The minimum Gasteiger partial charge on any atom is -0.424 e. The average Bonchev–Trinajstić information content (AvgIpc) is 2.34. The van der Waals surface area contributed by atoms with Crippen LogP contribution in [-0.2, 0) is 5.88 Å². The van der Waals surface area contributed by atoms with Crippen LogP contribution in [0.25, 0.3) is 0 Å². The average molecular weight is 314 g/mol. The predicted octanol–water partition coefficient (Wildman–Crippen LogP) is 4.08. The molecule has 0 saturated carbocycles. The Hall–Kier alpha value is -1.13. The van der Waals surface area contributed by atoms with Gasteiger partial charge in [-0.15, -0.1) is 11.6 Å². The summed E-state index contributed by atoms with van der Waals surface area (Å²) in [4.78, 5) is 8.16. The quantitative estimate of drug-likeness (QED) is 0.801. The van der Waals surface area contributed by atoms with E-state index in [9.17, 15) is 0 Å². The van der Waals surface area contributed by atoms with Gasteiger partial charge in [-0.05, 0) is 30.7 Å². The van der Waals surface area contributed by atoms with Crippen LogP contribution in [0, 0.1) is 6.92 Å². The molecule has 2 aromatic rings. The second kappa shape index (κ2) is 5.47. The maximum absolute atomic E-state index is 5.66. The van der Waals surface area contributed by atoms with E-state index >= 15 is 0 Å². The molecule has 5 heteroatoms. The summed E-state index contributed by atoms with van der Waals surface area (Å²) in [6.07, 6.45) is 3.31. The summed E-state index contributed by atoms with van der Waals surface area (Å²) < 4.78 is 6.59. The van der Waals surface area contributed by atoms with Gasteiger partial charge in [0.1, 0.15) is 5.75 Å². The van der Waals surface area contributed by atoms with E-state index in [2.05, 4.69) is 25.9 Å². The molecule has 17 heavy (non-hydrogen) atoms. The second-order valence-electron chi connectivity index (χ2n) is 3.52. The maximum atomic E-state index is 5.66. The second-order valence-corrected chi connectivity index (χ2v) is 4.70. The van der Waals surface area contributed by atoms with Gasteiger partial charge in [0.15, 0.2) is 0 Å². The lowest BCUT2D eigenvalue weighted by Crippen LogP contribution is -1.94. The van der Waals surface area contributed by atoms with Gasteiger partial charge in [0.25, 0.3) is 0 Å². The first kappa shape index (κ1) is 12.3. The van der Waals surface area contributed by atoms with E-state index in [4.69, 9.17) is 16.3 Å². The molecule has 0 unspecified atom stereocenters. The van der Waals surface area contributed by atoms with Crippen LogP contribution in [-0.4, -0.2) is 9.97 Å². The number of benzene rings is 1. The molecule has 3 nitrogen and oxygen atoms in total. The molecule has 0 fully saturated rings. The van der Waals surface area contributed by atoms with Crippen LogP contribution in [0.2, 0.25) is 0 Å². The Labute approximate surface area is 113 Å². The molecule has 0 radical (unpaired) electrons. The van der Waals surface area contributed by atoms with E-state index < -0.39 is 0 Å². The van der Waals surface area contributed by atoms with E-state index in [0.717, 1.165) is 21.3 Å². The highest BCUT2D eigenvalue weighted by Gasteiger charge is 2.04. The first-order chi connectivity index (χ1) is 8.19. The number of hydrogen-bond donors (Lipinski definition) is 0. The smallest absolute Gasteiger partial charge is 0.321 e. The number of ether oxygens (including phenoxy) is 1. The van der Waals surface area contributed by atoms with Crippen molar-refractivity contribution in [3.8, 4) is 11.8 Å². The fraction of sp³-hybridized carbons (Fsp3) is 0.167. The van der Waals surface area contributed by atoms with Crippen molar-refractivity contribution < 1.29 is 4.74 Å². The summed E-state index contributed by atoms with van der Waals surface area (Å²) in [5.74, 6) is 1.14. The number of aryl methyl sites for hydroxylation is 1. The SMILES string of the molecule is Cc1cc(Br)ccc1Oc1ncc(CCl)cn1. The third kappa shape index (κ3) is 3.17. The van der Waals surface area contributed by atoms with Crippen molar-refractivity contribution in [2.24, 2.45) is 0 Å². The van der Waals surface area contributed by atoms with Crippen LogP contribution in [0.5, 0.6) is 11.8 Å². The lowest BCUT2D eigenvalue weighted by Gasteiger charge is -2.07. The van der Waals surface area contributed by atoms with Crippen LogP contribution in [0.4, 0.5) is 0 Å². The van der Waals surface area contributed by atoms with Gasteiger partial charge in [-0.1, -0.05) is 15.9 Å². The van der Waals surface area contributed by atoms with Gasteiger partial charge in [-0.25, -0.2) is 9.97 Å². The predicted molar refractivity (Wildman–Crippen MR) is 70.5 cm³/mol. The molecule has 0 aliphatic carbocycles. The number of nitrogens with zero attached hydrogens (tertiary/aromatic N) is 2. The number of alkyl halides is 1. The van der Waals surface area contributed by atoms with Crippen molar-refractivity contribution in [1.29, 1.82) is 0 Å². The molecule has 0 saturated heterocycles. The van der Waals surface area contributed by atoms with Crippen molar-refractivity contribution >= 4 is 27.5 Å². The summed E-state index contributed by atoms with van der Waals surface area (Å²) >= 11 is 9.06. The van der Waals surface area contributed by atoms with Crippen LogP contribution in [0.15, 0.2) is 35.1 Å². The molecule has 88 valence electrons. The monoisotopic (exact) mass is 312 g/mol. The highest BCUT2D eigenvalue weighted by molar-refractivity contribution is 9.10. The number of rotatable bonds is 3. The zero-order chi connectivity index (χ0) is 12.3. The van der Waals surface area contributed by atoms with Gasteiger partial charge in [0.05, 0.1) is 5.88 Å². The van der Waals surface area contributed by atoms with Gasteiger partial charge in [-0.3, -0.25) is 0 Å². The largest absolute Gasteiger partial charge is 0.424 e. The molecule has 0 amide bonds. The highest BCUT2D eigenvalue weighted by Crippen LogP contribution is 2.25. The molecule has 2 rings (SSSR count). The number of halogens is 2. The Kier molecular flexibility index (Phi) is 3.97. The Morgan fingerprint density at radius 3 is 2.59 bits per heavy atom. The maximum Gasteiger partial charge on any atom is 0.321 e. The van der Waals surface area contributed by atoms with Gasteiger partial charge in [-0.2, -0.15) is 0 Å². The van der Waals surface area contributed by atoms with Gasteiger partial charge in [0, 0.05) is 22.4 Å². The molecule has 0 aliphatic rings. The standard InChI is InChI=1S/C12H10BrClN2O/c1-8-4-10(13)2-3-11(8)17-12-15-6-9(5-14)7-16-12/h2-4,6-7H,5H2,1H3. The van der Waals surface area contributed by atoms with Gasteiger partial charge >= 0.3 is 6.01 Å². The molecule has 1 aromatic carbocycles. The Morgan fingerprint density at radius 2 is 2.00 bits per heavy atom. The normalized spacial score (nSPS) is 10.3. The summed E-state index contributed by atoms with van der Waals surface area (Å²) in [5, 5.41) is 0. The lowest BCUT2D eigenvalue weighted by molar-refractivity contribution is 0.438. The first-order valence-electron chi connectivity index (χ1n) is 5.00. The van der Waals surface area contributed by atoms with E-state index in [-0.39, 0.29) is 0 Å². The Morgan fingerprint density at radius 1 is 1.29 bits per heavy atom. The fourth-order valence-electron chi connectivity index (χ4n) is 1.29. The third-order valence-electron chi connectivity index (χ3n) is 2.17. The molecule has 1 aromatic heterocycles. The minimum atomic E-state index is 0.323. The molecule has 0 spiro atoms. The topological polar surface area (TPSA) is 35.0 Å². The van der Waals surface area contributed by atoms with E-state index in [0.29, 0.717) is 11.9 Å². The van der Waals surface area contributed by atoms with Crippen LogP contribution >= 0.6 is 27.5 Å².